The zero-order valence-corrected chi connectivity index (χ0v) is 22.8. The summed E-state index contributed by atoms with van der Waals surface area (Å²) in [5.74, 6) is 2.13. The van der Waals surface area contributed by atoms with Gasteiger partial charge in [-0.3, -0.25) is 0 Å². The van der Waals surface area contributed by atoms with Crippen LogP contribution in [0.3, 0.4) is 0 Å². The summed E-state index contributed by atoms with van der Waals surface area (Å²) in [7, 11) is 6.11. The van der Waals surface area contributed by atoms with Gasteiger partial charge in [0.1, 0.15) is 24.4 Å². The second kappa shape index (κ2) is 12.0. The van der Waals surface area contributed by atoms with E-state index in [0.29, 0.717) is 24.7 Å². The van der Waals surface area contributed by atoms with E-state index in [0.717, 1.165) is 11.1 Å². The molecule has 2 aromatic carbocycles. The summed E-state index contributed by atoms with van der Waals surface area (Å²) in [5.41, 5.74) is 1.77. The van der Waals surface area contributed by atoms with Crippen LogP contribution in [0.2, 0.25) is 0 Å². The summed E-state index contributed by atoms with van der Waals surface area (Å²) in [5, 5.41) is 40.2. The molecule has 0 unspecified atom stereocenters. The van der Waals surface area contributed by atoms with E-state index in [4.69, 9.17) is 37.9 Å². The molecule has 12 nitrogen and oxygen atoms in total. The molecule has 5 rings (SSSR count). The van der Waals surface area contributed by atoms with E-state index in [2.05, 4.69) is 0 Å². The van der Waals surface area contributed by atoms with E-state index >= 15 is 0 Å². The van der Waals surface area contributed by atoms with E-state index in [1.54, 1.807) is 26.4 Å². The minimum Gasteiger partial charge on any atom is -0.493 e. The second-order valence-corrected chi connectivity index (χ2v) is 10.0. The van der Waals surface area contributed by atoms with Crippen molar-refractivity contribution < 1.29 is 58.3 Å². The van der Waals surface area contributed by atoms with Gasteiger partial charge in [-0.15, -0.1) is 0 Å². The molecule has 0 aliphatic carbocycles. The summed E-state index contributed by atoms with van der Waals surface area (Å²) in [4.78, 5) is 0. The fraction of sp³-hybridized carbons (Fsp3) is 0.571. The van der Waals surface area contributed by atoms with Crippen molar-refractivity contribution in [1.82, 2.24) is 0 Å². The van der Waals surface area contributed by atoms with Crippen LogP contribution >= 0.6 is 0 Å². The molecular weight excluding hydrogens is 528 g/mol. The number of hydrogen-bond acceptors (Lipinski definition) is 12. The lowest BCUT2D eigenvalue weighted by molar-refractivity contribution is -0.277. The Labute approximate surface area is 231 Å². The average Bonchev–Trinajstić information content (AvgIpc) is 3.59. The van der Waals surface area contributed by atoms with E-state index in [1.807, 2.05) is 18.2 Å². The molecule has 3 aliphatic rings. The maximum atomic E-state index is 10.4. The Morgan fingerprint density at radius 3 is 1.80 bits per heavy atom. The van der Waals surface area contributed by atoms with E-state index in [1.165, 1.54) is 14.2 Å². The summed E-state index contributed by atoms with van der Waals surface area (Å²) >= 11 is 0. The van der Waals surface area contributed by atoms with Crippen LogP contribution in [-0.2, 0) is 14.2 Å². The summed E-state index contributed by atoms with van der Waals surface area (Å²) in [6.45, 7) is 0.399. The zero-order chi connectivity index (χ0) is 28.6. The third kappa shape index (κ3) is 5.05. The van der Waals surface area contributed by atoms with Gasteiger partial charge in [0, 0.05) is 11.8 Å². The SMILES string of the molecule is COc1ccc([C@H]2OC[C@H]3[C@@H]2CO[C@@H]3c2cc(OC)c(O[C@@H]3O[C@H](CO)[C@@H](O)[C@H](O)[C@H]3O)c(OC)c2)cc1OC. The van der Waals surface area contributed by atoms with Gasteiger partial charge in [0.25, 0.3) is 0 Å². The standard InChI is InChI=1S/C28H36O12/c1-33-17-6-5-13(7-18(17)34-2)25-15-11-38-26(16(15)12-37-25)14-8-19(35-3)27(20(9-14)36-4)40-28-24(32)23(31)22(30)21(10-29)39-28/h5-9,15-16,21-26,28-32H,10-12H2,1-4H3/t15-,16-,21+,22+,23-,24+,25+,26+,28-/m0/s1. The van der Waals surface area contributed by atoms with Crippen molar-refractivity contribution in [1.29, 1.82) is 0 Å². The molecule has 9 atom stereocenters. The quantitative estimate of drug-likeness (QED) is 0.343. The third-order valence-corrected chi connectivity index (χ3v) is 7.89. The maximum Gasteiger partial charge on any atom is 0.229 e. The van der Waals surface area contributed by atoms with Crippen LogP contribution in [0.1, 0.15) is 23.3 Å². The molecule has 12 heteroatoms. The lowest BCUT2D eigenvalue weighted by atomic mass is 9.84. The Hall–Kier alpha value is -2.84. The van der Waals surface area contributed by atoms with Crippen LogP contribution in [0, 0.1) is 11.8 Å². The molecule has 0 bridgehead atoms. The van der Waals surface area contributed by atoms with Crippen molar-refractivity contribution in [2.24, 2.45) is 11.8 Å². The van der Waals surface area contributed by atoms with Gasteiger partial charge < -0.3 is 58.3 Å². The number of benzene rings is 2. The van der Waals surface area contributed by atoms with Crippen molar-refractivity contribution in [2.45, 2.75) is 42.9 Å². The smallest absolute Gasteiger partial charge is 0.229 e. The number of ether oxygens (including phenoxy) is 8. The molecule has 2 aromatic rings. The summed E-state index contributed by atoms with van der Waals surface area (Å²) < 4.78 is 46.0. The van der Waals surface area contributed by atoms with E-state index in [-0.39, 0.29) is 41.3 Å². The molecule has 3 saturated heterocycles. The van der Waals surface area contributed by atoms with Crippen molar-refractivity contribution in [3.05, 3.63) is 41.5 Å². The molecule has 220 valence electrons. The first-order valence-corrected chi connectivity index (χ1v) is 13.0. The molecule has 3 heterocycles. The molecule has 0 amide bonds. The van der Waals surface area contributed by atoms with Crippen LogP contribution in [0.4, 0.5) is 0 Å². The van der Waals surface area contributed by atoms with E-state index < -0.39 is 37.3 Å². The molecule has 0 radical (unpaired) electrons. The highest BCUT2D eigenvalue weighted by Crippen LogP contribution is 2.53. The van der Waals surface area contributed by atoms with Gasteiger partial charge in [-0.2, -0.15) is 0 Å². The highest BCUT2D eigenvalue weighted by molar-refractivity contribution is 5.55. The normalized spacial score (nSPS) is 33.4. The first-order chi connectivity index (χ1) is 19.3. The number of aliphatic hydroxyl groups is 4. The molecule has 3 fully saturated rings. The number of fused-ring (bicyclic) bond motifs is 1. The summed E-state index contributed by atoms with van der Waals surface area (Å²) in [6, 6.07) is 9.29. The predicted molar refractivity (Wildman–Crippen MR) is 138 cm³/mol. The van der Waals surface area contributed by atoms with Gasteiger partial charge in [0.2, 0.25) is 12.0 Å². The number of methoxy groups -OCH3 is 4. The van der Waals surface area contributed by atoms with E-state index in [9.17, 15) is 20.4 Å². The number of aliphatic hydroxyl groups excluding tert-OH is 4. The highest BCUT2D eigenvalue weighted by Gasteiger charge is 2.49. The van der Waals surface area contributed by atoms with Gasteiger partial charge in [0.15, 0.2) is 23.0 Å². The van der Waals surface area contributed by atoms with Crippen molar-refractivity contribution in [2.75, 3.05) is 48.3 Å². The third-order valence-electron chi connectivity index (χ3n) is 7.89. The lowest BCUT2D eigenvalue weighted by Gasteiger charge is -2.39. The zero-order valence-electron chi connectivity index (χ0n) is 22.8. The fourth-order valence-electron chi connectivity index (χ4n) is 5.73. The Balaban J connectivity index is 1.38. The largest absolute Gasteiger partial charge is 0.493 e. The van der Waals surface area contributed by atoms with Crippen LogP contribution in [0.25, 0.3) is 0 Å². The van der Waals surface area contributed by atoms with Gasteiger partial charge in [0.05, 0.1) is 60.5 Å². The van der Waals surface area contributed by atoms with Gasteiger partial charge in [-0.1, -0.05) is 6.07 Å². The van der Waals surface area contributed by atoms with Crippen LogP contribution in [0.15, 0.2) is 30.3 Å². The van der Waals surface area contributed by atoms with Crippen molar-refractivity contribution in [3.63, 3.8) is 0 Å². The lowest BCUT2D eigenvalue weighted by Crippen LogP contribution is -2.60. The summed E-state index contributed by atoms with van der Waals surface area (Å²) in [6.07, 6.45) is -7.68. The number of rotatable bonds is 9. The minimum atomic E-state index is -1.59. The Kier molecular flexibility index (Phi) is 8.57. The topological polar surface area (TPSA) is 155 Å². The minimum absolute atomic E-state index is 0.0599. The highest BCUT2D eigenvalue weighted by atomic mass is 16.7. The van der Waals surface area contributed by atoms with Crippen LogP contribution < -0.4 is 23.7 Å². The van der Waals surface area contributed by atoms with Crippen LogP contribution in [-0.4, -0.2) is 99.4 Å². The monoisotopic (exact) mass is 564 g/mol. The molecule has 4 N–H and O–H groups in total. The van der Waals surface area contributed by atoms with Crippen molar-refractivity contribution >= 4 is 0 Å². The molecule has 3 aliphatic heterocycles. The van der Waals surface area contributed by atoms with Crippen LogP contribution in [0.5, 0.6) is 28.7 Å². The van der Waals surface area contributed by atoms with Gasteiger partial charge >= 0.3 is 0 Å². The van der Waals surface area contributed by atoms with Gasteiger partial charge in [-0.25, -0.2) is 0 Å². The maximum absolute atomic E-state index is 10.4. The molecule has 0 spiro atoms. The fourth-order valence-corrected chi connectivity index (χ4v) is 5.73. The molecule has 0 saturated carbocycles. The second-order valence-electron chi connectivity index (χ2n) is 10.0. The molecule has 40 heavy (non-hydrogen) atoms. The first kappa shape index (κ1) is 28.7. The Morgan fingerprint density at radius 1 is 0.700 bits per heavy atom. The Bertz CT molecular complexity index is 1150. The molecule has 0 aromatic heterocycles. The number of hydrogen-bond donors (Lipinski definition) is 4. The average molecular weight is 565 g/mol. The predicted octanol–water partition coefficient (Wildman–Crippen LogP) is 0.975. The first-order valence-electron chi connectivity index (χ1n) is 13.0. The molecular formula is C28H36O12. The Morgan fingerprint density at radius 2 is 1.25 bits per heavy atom. The van der Waals surface area contributed by atoms with Crippen molar-refractivity contribution in [3.8, 4) is 28.7 Å². The van der Waals surface area contributed by atoms with Gasteiger partial charge in [-0.05, 0) is 35.4 Å².